The number of nitrogens with two attached hydrogens (primary N) is 1. The minimum atomic E-state index is 0.0521. The Morgan fingerprint density at radius 2 is 1.50 bits per heavy atom. The quantitative estimate of drug-likeness (QED) is 0.822. The lowest BCUT2D eigenvalue weighted by atomic mass is 9.83. The van der Waals surface area contributed by atoms with Crippen LogP contribution in [0.1, 0.15) is 32.4 Å². The van der Waals surface area contributed by atoms with E-state index in [0.717, 1.165) is 14.5 Å². The molecular formula is C11H15Br2N. The minimum absolute atomic E-state index is 0.0521. The second-order valence-corrected chi connectivity index (χ2v) is 6.38. The molecule has 0 radical (unpaired) electrons. The second kappa shape index (κ2) is 4.33. The van der Waals surface area contributed by atoms with Crippen molar-refractivity contribution in [2.45, 2.75) is 26.8 Å². The van der Waals surface area contributed by atoms with Crippen LogP contribution in [0.4, 0.5) is 0 Å². The topological polar surface area (TPSA) is 26.0 Å². The molecule has 2 N–H and O–H groups in total. The summed E-state index contributed by atoms with van der Waals surface area (Å²) in [5, 5.41) is 0. The predicted molar refractivity (Wildman–Crippen MR) is 68.2 cm³/mol. The molecule has 0 aliphatic heterocycles. The van der Waals surface area contributed by atoms with Crippen molar-refractivity contribution >= 4 is 31.9 Å². The molecule has 3 heteroatoms. The first kappa shape index (κ1) is 12.2. The van der Waals surface area contributed by atoms with Gasteiger partial charge in [0.2, 0.25) is 0 Å². The number of halogens is 2. The van der Waals surface area contributed by atoms with Crippen LogP contribution in [0, 0.1) is 5.41 Å². The summed E-state index contributed by atoms with van der Waals surface area (Å²) in [7, 11) is 0. The summed E-state index contributed by atoms with van der Waals surface area (Å²) in [5.41, 5.74) is 7.40. The van der Waals surface area contributed by atoms with E-state index >= 15 is 0 Å². The first-order valence-electron chi connectivity index (χ1n) is 4.52. The summed E-state index contributed by atoms with van der Waals surface area (Å²) in [5.74, 6) is 0. The highest BCUT2D eigenvalue weighted by Gasteiger charge is 2.22. The lowest BCUT2D eigenvalue weighted by molar-refractivity contribution is 0.327. The fourth-order valence-corrected chi connectivity index (χ4v) is 2.58. The number of hydrogen-bond donors (Lipinski definition) is 1. The molecule has 78 valence electrons. The van der Waals surface area contributed by atoms with Crippen molar-refractivity contribution in [2.75, 3.05) is 0 Å². The van der Waals surface area contributed by atoms with Crippen LogP contribution >= 0.6 is 31.9 Å². The van der Waals surface area contributed by atoms with E-state index in [1.54, 1.807) is 0 Å². The minimum Gasteiger partial charge on any atom is -0.324 e. The van der Waals surface area contributed by atoms with Crippen LogP contribution in [-0.2, 0) is 0 Å². The van der Waals surface area contributed by atoms with Gasteiger partial charge in [0, 0.05) is 15.0 Å². The zero-order valence-electron chi connectivity index (χ0n) is 8.64. The van der Waals surface area contributed by atoms with Gasteiger partial charge in [0.25, 0.3) is 0 Å². The molecular weight excluding hydrogens is 306 g/mol. The first-order chi connectivity index (χ1) is 6.30. The third kappa shape index (κ3) is 3.07. The molecule has 0 saturated heterocycles. The van der Waals surface area contributed by atoms with Gasteiger partial charge in [0.15, 0.2) is 0 Å². The fourth-order valence-electron chi connectivity index (χ4n) is 1.25. The van der Waals surface area contributed by atoms with Crippen LogP contribution in [-0.4, -0.2) is 0 Å². The van der Waals surface area contributed by atoms with Crippen molar-refractivity contribution in [2.24, 2.45) is 11.1 Å². The highest BCUT2D eigenvalue weighted by atomic mass is 79.9. The third-order valence-electron chi connectivity index (χ3n) is 2.18. The average Bonchev–Trinajstić information content (AvgIpc) is 1.99. The summed E-state index contributed by atoms with van der Waals surface area (Å²) < 4.78 is 2.11. The molecule has 0 spiro atoms. The first-order valence-corrected chi connectivity index (χ1v) is 6.11. The van der Waals surface area contributed by atoms with Crippen molar-refractivity contribution < 1.29 is 0 Å². The molecule has 0 aromatic heterocycles. The van der Waals surface area contributed by atoms with Crippen molar-refractivity contribution in [1.82, 2.24) is 0 Å². The van der Waals surface area contributed by atoms with Crippen molar-refractivity contribution in [1.29, 1.82) is 0 Å². The highest BCUT2D eigenvalue weighted by molar-refractivity contribution is 9.11. The Morgan fingerprint density at radius 1 is 1.07 bits per heavy atom. The molecule has 1 nitrogen and oxygen atoms in total. The molecule has 0 unspecified atom stereocenters. The van der Waals surface area contributed by atoms with Crippen molar-refractivity contribution in [3.05, 3.63) is 32.7 Å². The van der Waals surface area contributed by atoms with Crippen LogP contribution in [0.3, 0.4) is 0 Å². The standard InChI is InChI=1S/C11H15Br2N/c1-11(2,3)10(14)7-4-8(12)6-9(13)5-7/h4-6,10H,14H2,1-3H3/t10-/m1/s1. The third-order valence-corrected chi connectivity index (χ3v) is 3.09. The monoisotopic (exact) mass is 319 g/mol. The maximum absolute atomic E-state index is 6.17. The molecule has 14 heavy (non-hydrogen) atoms. The molecule has 1 aromatic rings. The van der Waals surface area contributed by atoms with E-state index in [-0.39, 0.29) is 11.5 Å². The Kier molecular flexibility index (Phi) is 3.78. The predicted octanol–water partition coefficient (Wildman–Crippen LogP) is 4.26. The fraction of sp³-hybridized carbons (Fsp3) is 0.455. The molecule has 0 amide bonds. The largest absolute Gasteiger partial charge is 0.324 e. The van der Waals surface area contributed by atoms with Gasteiger partial charge in [-0.2, -0.15) is 0 Å². The van der Waals surface area contributed by atoms with E-state index in [2.05, 4.69) is 64.8 Å². The van der Waals surface area contributed by atoms with Gasteiger partial charge in [0.1, 0.15) is 0 Å². The molecule has 0 fully saturated rings. The van der Waals surface area contributed by atoms with E-state index in [0.29, 0.717) is 0 Å². The highest BCUT2D eigenvalue weighted by Crippen LogP contribution is 2.33. The van der Waals surface area contributed by atoms with Gasteiger partial charge < -0.3 is 5.73 Å². The number of hydrogen-bond acceptors (Lipinski definition) is 1. The number of benzene rings is 1. The second-order valence-electron chi connectivity index (χ2n) is 4.55. The van der Waals surface area contributed by atoms with Gasteiger partial charge in [-0.25, -0.2) is 0 Å². The van der Waals surface area contributed by atoms with Crippen LogP contribution in [0.2, 0.25) is 0 Å². The van der Waals surface area contributed by atoms with E-state index in [1.807, 2.05) is 6.07 Å². The Bertz CT molecular complexity index is 308. The summed E-state index contributed by atoms with van der Waals surface area (Å²) in [6.45, 7) is 6.44. The Hall–Kier alpha value is 0.140. The zero-order chi connectivity index (χ0) is 10.9. The maximum atomic E-state index is 6.17. The summed E-state index contributed by atoms with van der Waals surface area (Å²) >= 11 is 6.92. The van der Waals surface area contributed by atoms with Crippen LogP contribution in [0.5, 0.6) is 0 Å². The normalized spacial score (nSPS) is 14.1. The lowest BCUT2D eigenvalue weighted by Crippen LogP contribution is -2.26. The maximum Gasteiger partial charge on any atom is 0.0344 e. The number of rotatable bonds is 1. The molecule has 0 aliphatic rings. The Balaban J connectivity index is 3.07. The Morgan fingerprint density at radius 3 is 1.86 bits per heavy atom. The molecule has 0 saturated carbocycles. The van der Waals surface area contributed by atoms with Gasteiger partial charge in [0.05, 0.1) is 0 Å². The van der Waals surface area contributed by atoms with Crippen LogP contribution < -0.4 is 5.73 Å². The van der Waals surface area contributed by atoms with E-state index in [4.69, 9.17) is 5.73 Å². The van der Waals surface area contributed by atoms with Gasteiger partial charge >= 0.3 is 0 Å². The summed E-state index contributed by atoms with van der Waals surface area (Å²) in [6, 6.07) is 6.21. The van der Waals surface area contributed by atoms with E-state index in [1.165, 1.54) is 0 Å². The molecule has 0 aliphatic carbocycles. The zero-order valence-corrected chi connectivity index (χ0v) is 11.8. The van der Waals surface area contributed by atoms with Crippen LogP contribution in [0.25, 0.3) is 0 Å². The van der Waals surface area contributed by atoms with Gasteiger partial charge in [-0.1, -0.05) is 52.6 Å². The SMILES string of the molecule is CC(C)(C)[C@H](N)c1cc(Br)cc(Br)c1. The summed E-state index contributed by atoms with van der Waals surface area (Å²) in [6.07, 6.45) is 0. The van der Waals surface area contributed by atoms with E-state index in [9.17, 15) is 0 Å². The average molecular weight is 321 g/mol. The molecule has 1 aromatic carbocycles. The lowest BCUT2D eigenvalue weighted by Gasteiger charge is -2.27. The van der Waals surface area contributed by atoms with E-state index < -0.39 is 0 Å². The smallest absolute Gasteiger partial charge is 0.0344 e. The molecule has 0 bridgehead atoms. The molecule has 0 heterocycles. The van der Waals surface area contributed by atoms with Gasteiger partial charge in [-0.05, 0) is 29.2 Å². The van der Waals surface area contributed by atoms with Crippen molar-refractivity contribution in [3.8, 4) is 0 Å². The summed E-state index contributed by atoms with van der Waals surface area (Å²) in [4.78, 5) is 0. The van der Waals surface area contributed by atoms with Gasteiger partial charge in [-0.15, -0.1) is 0 Å². The molecule has 1 rings (SSSR count). The molecule has 1 atom stereocenters. The Labute approximate surface area is 102 Å². The van der Waals surface area contributed by atoms with Crippen LogP contribution in [0.15, 0.2) is 27.1 Å². The van der Waals surface area contributed by atoms with Gasteiger partial charge in [-0.3, -0.25) is 0 Å². The van der Waals surface area contributed by atoms with Crippen molar-refractivity contribution in [3.63, 3.8) is 0 Å².